The Hall–Kier alpha value is -1.11. The number of carbonyl (C=O) groups excluding carboxylic acids is 1. The maximum Gasteiger partial charge on any atom is 0.159 e. The van der Waals surface area contributed by atoms with Gasteiger partial charge in [0.2, 0.25) is 0 Å². The van der Waals surface area contributed by atoms with Gasteiger partial charge in [-0.25, -0.2) is 0 Å². The maximum absolute atomic E-state index is 11.6. The second kappa shape index (κ2) is 5.48. The van der Waals surface area contributed by atoms with Gasteiger partial charge in [0.05, 0.1) is 0 Å². The molecule has 1 nitrogen and oxygen atoms in total. The molecule has 0 heterocycles. The van der Waals surface area contributed by atoms with Crippen LogP contribution in [-0.4, -0.2) is 5.78 Å². The van der Waals surface area contributed by atoms with Crippen molar-refractivity contribution in [1.82, 2.24) is 0 Å². The Balaban J connectivity index is 3.19. The van der Waals surface area contributed by atoms with Crippen molar-refractivity contribution in [2.24, 2.45) is 10.8 Å². The van der Waals surface area contributed by atoms with Gasteiger partial charge in [-0.05, 0) is 47.8 Å². The first-order valence-corrected chi connectivity index (χ1v) is 7.11. The predicted octanol–water partition coefficient (Wildman–Crippen LogP) is 5.07. The molecular weight excluding hydrogens is 232 g/mol. The highest BCUT2D eigenvalue weighted by atomic mass is 16.1. The summed E-state index contributed by atoms with van der Waals surface area (Å²) in [6, 6.07) is 6.20. The van der Waals surface area contributed by atoms with Gasteiger partial charge in [0.1, 0.15) is 0 Å². The SMILES string of the molecule is CC(=O)c1ccc(CC(C)(C)C)c(CC(C)(C)C)c1. The predicted molar refractivity (Wildman–Crippen MR) is 82.8 cm³/mol. The highest BCUT2D eigenvalue weighted by molar-refractivity contribution is 5.94. The van der Waals surface area contributed by atoms with Crippen molar-refractivity contribution >= 4 is 5.78 Å². The van der Waals surface area contributed by atoms with Crippen LogP contribution in [0.25, 0.3) is 0 Å². The number of rotatable bonds is 3. The molecule has 0 spiro atoms. The molecule has 1 heteroatoms. The molecule has 0 saturated carbocycles. The minimum Gasteiger partial charge on any atom is -0.295 e. The van der Waals surface area contributed by atoms with Crippen molar-refractivity contribution < 1.29 is 4.79 Å². The molecule has 0 bridgehead atoms. The third-order valence-electron chi connectivity index (χ3n) is 3.05. The summed E-state index contributed by atoms with van der Waals surface area (Å²) in [4.78, 5) is 11.6. The van der Waals surface area contributed by atoms with Gasteiger partial charge >= 0.3 is 0 Å². The molecule has 0 radical (unpaired) electrons. The van der Waals surface area contributed by atoms with Crippen LogP contribution < -0.4 is 0 Å². The van der Waals surface area contributed by atoms with Crippen molar-refractivity contribution in [3.8, 4) is 0 Å². The van der Waals surface area contributed by atoms with Crippen LogP contribution in [0.1, 0.15) is 70.0 Å². The Morgan fingerprint density at radius 1 is 0.895 bits per heavy atom. The van der Waals surface area contributed by atoms with Crippen molar-refractivity contribution in [3.05, 3.63) is 34.9 Å². The van der Waals surface area contributed by atoms with E-state index in [1.165, 1.54) is 11.1 Å². The fourth-order valence-corrected chi connectivity index (χ4v) is 2.32. The second-order valence-corrected chi connectivity index (χ2v) is 8.01. The largest absolute Gasteiger partial charge is 0.295 e. The standard InChI is InChI=1S/C18H28O/c1-13(19)14-8-9-15(11-17(2,3)4)16(10-14)12-18(5,6)7/h8-10H,11-12H2,1-7H3. The summed E-state index contributed by atoms with van der Waals surface area (Å²) < 4.78 is 0. The molecule has 0 atom stereocenters. The summed E-state index contributed by atoms with van der Waals surface area (Å²) in [6.07, 6.45) is 2.07. The fourth-order valence-electron chi connectivity index (χ4n) is 2.32. The lowest BCUT2D eigenvalue weighted by Gasteiger charge is -2.25. The molecule has 19 heavy (non-hydrogen) atoms. The van der Waals surface area contributed by atoms with Gasteiger partial charge in [-0.3, -0.25) is 4.79 Å². The number of carbonyl (C=O) groups is 1. The van der Waals surface area contributed by atoms with E-state index in [0.717, 1.165) is 18.4 Å². The van der Waals surface area contributed by atoms with Gasteiger partial charge in [-0.1, -0.05) is 53.7 Å². The summed E-state index contributed by atoms with van der Waals surface area (Å²) in [5, 5.41) is 0. The lowest BCUT2D eigenvalue weighted by Crippen LogP contribution is -2.16. The molecule has 1 rings (SSSR count). The van der Waals surface area contributed by atoms with Crippen LogP contribution in [-0.2, 0) is 12.8 Å². The number of hydrogen-bond donors (Lipinski definition) is 0. The number of ketones is 1. The number of benzene rings is 1. The molecule has 106 valence electrons. The topological polar surface area (TPSA) is 17.1 Å². The van der Waals surface area contributed by atoms with E-state index in [4.69, 9.17) is 0 Å². The van der Waals surface area contributed by atoms with Crippen LogP contribution in [0, 0.1) is 10.8 Å². The van der Waals surface area contributed by atoms with Crippen LogP contribution >= 0.6 is 0 Å². The molecule has 0 aliphatic heterocycles. The Morgan fingerprint density at radius 2 is 1.37 bits per heavy atom. The molecule has 1 aromatic rings. The molecule has 0 fully saturated rings. The van der Waals surface area contributed by atoms with Gasteiger partial charge in [-0.15, -0.1) is 0 Å². The molecule has 1 aromatic carbocycles. The van der Waals surface area contributed by atoms with Crippen molar-refractivity contribution in [1.29, 1.82) is 0 Å². The van der Waals surface area contributed by atoms with Crippen LogP contribution in [0.2, 0.25) is 0 Å². The van der Waals surface area contributed by atoms with Gasteiger partial charge in [-0.2, -0.15) is 0 Å². The van der Waals surface area contributed by atoms with E-state index in [9.17, 15) is 4.79 Å². The number of Topliss-reactive ketones (excluding diaryl/α,β-unsaturated/α-hetero) is 1. The van der Waals surface area contributed by atoms with E-state index in [1.807, 2.05) is 6.07 Å². The molecule has 0 unspecified atom stereocenters. The second-order valence-electron chi connectivity index (χ2n) is 8.01. The van der Waals surface area contributed by atoms with Crippen LogP contribution in [0.4, 0.5) is 0 Å². The summed E-state index contributed by atoms with van der Waals surface area (Å²) in [7, 11) is 0. The van der Waals surface area contributed by atoms with Gasteiger partial charge in [0.15, 0.2) is 5.78 Å². The van der Waals surface area contributed by atoms with Gasteiger partial charge < -0.3 is 0 Å². The summed E-state index contributed by atoms with van der Waals surface area (Å²) in [5.41, 5.74) is 4.05. The molecule has 0 aliphatic carbocycles. The van der Waals surface area contributed by atoms with E-state index in [0.29, 0.717) is 0 Å². The van der Waals surface area contributed by atoms with Crippen LogP contribution in [0.3, 0.4) is 0 Å². The van der Waals surface area contributed by atoms with Crippen molar-refractivity contribution in [2.75, 3.05) is 0 Å². The third-order valence-corrected chi connectivity index (χ3v) is 3.05. The maximum atomic E-state index is 11.6. The highest BCUT2D eigenvalue weighted by Crippen LogP contribution is 2.28. The Labute approximate surface area is 118 Å². The summed E-state index contributed by atoms with van der Waals surface area (Å²) in [5.74, 6) is 0.150. The van der Waals surface area contributed by atoms with E-state index in [1.54, 1.807) is 6.92 Å². The quantitative estimate of drug-likeness (QED) is 0.694. The average Bonchev–Trinajstić information content (AvgIpc) is 2.15. The molecule has 0 amide bonds. The van der Waals surface area contributed by atoms with Crippen molar-refractivity contribution in [3.63, 3.8) is 0 Å². The zero-order valence-corrected chi connectivity index (χ0v) is 13.6. The van der Waals surface area contributed by atoms with Crippen LogP contribution in [0.15, 0.2) is 18.2 Å². The first kappa shape index (κ1) is 15.9. The highest BCUT2D eigenvalue weighted by Gasteiger charge is 2.19. The first-order valence-electron chi connectivity index (χ1n) is 7.11. The summed E-state index contributed by atoms with van der Waals surface area (Å²) in [6.45, 7) is 15.1. The molecule has 0 aromatic heterocycles. The molecule has 0 saturated heterocycles. The minimum atomic E-state index is 0.150. The monoisotopic (exact) mass is 260 g/mol. The van der Waals surface area contributed by atoms with E-state index < -0.39 is 0 Å². The molecule has 0 N–H and O–H groups in total. The minimum absolute atomic E-state index is 0.150. The first-order chi connectivity index (χ1) is 8.48. The zero-order chi connectivity index (χ0) is 14.8. The molecule has 0 aliphatic rings. The van der Waals surface area contributed by atoms with E-state index in [-0.39, 0.29) is 16.6 Å². The van der Waals surface area contributed by atoms with Gasteiger partial charge in [0.25, 0.3) is 0 Å². The van der Waals surface area contributed by atoms with E-state index in [2.05, 4.69) is 53.7 Å². The lowest BCUT2D eigenvalue weighted by molar-refractivity contribution is 0.101. The smallest absolute Gasteiger partial charge is 0.159 e. The Morgan fingerprint density at radius 3 is 1.79 bits per heavy atom. The Kier molecular flexibility index (Phi) is 4.60. The Bertz CT molecular complexity index is 456. The summed E-state index contributed by atoms with van der Waals surface area (Å²) >= 11 is 0. The molecular formula is C18H28O. The van der Waals surface area contributed by atoms with Gasteiger partial charge in [0, 0.05) is 5.56 Å². The fraction of sp³-hybridized carbons (Fsp3) is 0.611. The van der Waals surface area contributed by atoms with E-state index >= 15 is 0 Å². The normalized spacial score (nSPS) is 12.6. The third kappa shape index (κ3) is 5.59. The zero-order valence-electron chi connectivity index (χ0n) is 13.6. The average molecular weight is 260 g/mol. The lowest BCUT2D eigenvalue weighted by atomic mass is 9.80. The number of hydrogen-bond acceptors (Lipinski definition) is 1. The van der Waals surface area contributed by atoms with Crippen LogP contribution in [0.5, 0.6) is 0 Å². The van der Waals surface area contributed by atoms with Crippen molar-refractivity contribution in [2.45, 2.75) is 61.3 Å².